The van der Waals surface area contributed by atoms with Gasteiger partial charge in [0.05, 0.1) is 12.2 Å². The molecule has 1 saturated heterocycles. The quantitative estimate of drug-likeness (QED) is 0.924. The molecule has 0 radical (unpaired) electrons. The average molecular weight is 324 g/mol. The highest BCUT2D eigenvalue weighted by Gasteiger charge is 2.37. The summed E-state index contributed by atoms with van der Waals surface area (Å²) in [6, 6.07) is 8.38. The topological polar surface area (TPSA) is 50.2 Å². The molecule has 0 aliphatic carbocycles. The van der Waals surface area contributed by atoms with E-state index in [9.17, 15) is 4.79 Å². The van der Waals surface area contributed by atoms with E-state index in [1.807, 2.05) is 36.1 Å². The third-order valence-corrected chi connectivity index (χ3v) is 5.59. The zero-order valence-electron chi connectivity index (χ0n) is 14.3. The first-order valence-corrected chi connectivity index (χ1v) is 8.78. The van der Waals surface area contributed by atoms with E-state index in [2.05, 4.69) is 28.3 Å². The van der Waals surface area contributed by atoms with Gasteiger partial charge in [0, 0.05) is 30.0 Å². The van der Waals surface area contributed by atoms with Gasteiger partial charge in [0.2, 0.25) is 5.91 Å². The predicted molar refractivity (Wildman–Crippen MR) is 93.8 cm³/mol. The van der Waals surface area contributed by atoms with Crippen molar-refractivity contribution in [1.29, 1.82) is 0 Å². The Kier molecular flexibility index (Phi) is 3.88. The van der Waals surface area contributed by atoms with E-state index in [0.29, 0.717) is 6.04 Å². The largest absolute Gasteiger partial charge is 0.324 e. The first-order valence-electron chi connectivity index (χ1n) is 8.78. The number of aromatic nitrogens is 2. The molecule has 1 fully saturated rings. The second-order valence-corrected chi connectivity index (χ2v) is 6.91. The average Bonchev–Trinajstić information content (AvgIpc) is 3.12. The van der Waals surface area contributed by atoms with Crippen molar-refractivity contribution in [1.82, 2.24) is 14.7 Å². The van der Waals surface area contributed by atoms with E-state index < -0.39 is 0 Å². The van der Waals surface area contributed by atoms with Crippen LogP contribution in [0.1, 0.15) is 42.1 Å². The van der Waals surface area contributed by atoms with Gasteiger partial charge in [0.1, 0.15) is 0 Å². The number of likely N-dealkylation sites (tertiary alicyclic amines) is 1. The number of benzene rings is 1. The fraction of sp³-hybridized carbons (Fsp3) is 0.474. The van der Waals surface area contributed by atoms with E-state index in [1.165, 1.54) is 16.8 Å². The van der Waals surface area contributed by atoms with Gasteiger partial charge in [-0.25, -0.2) is 0 Å². The van der Waals surface area contributed by atoms with Crippen LogP contribution in [0.2, 0.25) is 0 Å². The molecule has 0 saturated carbocycles. The summed E-state index contributed by atoms with van der Waals surface area (Å²) in [6.45, 7) is 3.09. The van der Waals surface area contributed by atoms with Crippen LogP contribution in [0, 0.1) is 6.92 Å². The van der Waals surface area contributed by atoms with Crippen molar-refractivity contribution in [3.05, 3.63) is 47.3 Å². The summed E-state index contributed by atoms with van der Waals surface area (Å²) in [5.41, 5.74) is 4.67. The Labute approximate surface area is 142 Å². The number of aryl methyl sites for hydroxylation is 2. The van der Waals surface area contributed by atoms with Crippen LogP contribution >= 0.6 is 0 Å². The first-order chi connectivity index (χ1) is 11.6. The number of para-hydroxylation sites is 1. The molecule has 1 aromatic carbocycles. The molecule has 1 aromatic heterocycles. The van der Waals surface area contributed by atoms with Crippen molar-refractivity contribution < 1.29 is 4.79 Å². The minimum Gasteiger partial charge on any atom is -0.324 e. The van der Waals surface area contributed by atoms with Crippen molar-refractivity contribution in [2.45, 2.75) is 44.7 Å². The Balaban J connectivity index is 1.61. The Morgan fingerprint density at radius 1 is 1.21 bits per heavy atom. The lowest BCUT2D eigenvalue weighted by atomic mass is 10.0. The number of nitrogens with zero attached hydrogens (tertiary/aromatic N) is 3. The van der Waals surface area contributed by atoms with E-state index in [4.69, 9.17) is 0 Å². The van der Waals surface area contributed by atoms with E-state index in [0.717, 1.165) is 37.9 Å². The minimum absolute atomic E-state index is 0.0653. The van der Waals surface area contributed by atoms with Gasteiger partial charge in [-0.3, -0.25) is 14.4 Å². The van der Waals surface area contributed by atoms with E-state index >= 15 is 0 Å². The van der Waals surface area contributed by atoms with Gasteiger partial charge in [0.15, 0.2) is 0 Å². The summed E-state index contributed by atoms with van der Waals surface area (Å²) < 4.78 is 1.93. The van der Waals surface area contributed by atoms with Crippen LogP contribution in [0.3, 0.4) is 0 Å². The van der Waals surface area contributed by atoms with Crippen LogP contribution in [0.5, 0.6) is 0 Å². The van der Waals surface area contributed by atoms with Crippen LogP contribution < -0.4 is 5.32 Å². The van der Waals surface area contributed by atoms with Crippen LogP contribution in [0.25, 0.3) is 0 Å². The van der Waals surface area contributed by atoms with Gasteiger partial charge >= 0.3 is 0 Å². The summed E-state index contributed by atoms with van der Waals surface area (Å²) in [7, 11) is 1.98. The number of fused-ring (bicyclic) bond motifs is 1. The molecule has 5 nitrogen and oxygen atoms in total. The lowest BCUT2D eigenvalue weighted by Gasteiger charge is -2.31. The molecule has 1 N–H and O–H groups in total. The monoisotopic (exact) mass is 324 g/mol. The van der Waals surface area contributed by atoms with Gasteiger partial charge in [0.25, 0.3) is 0 Å². The molecule has 1 amide bonds. The maximum Gasteiger partial charge on any atom is 0.241 e. The summed E-state index contributed by atoms with van der Waals surface area (Å²) in [4.78, 5) is 15.3. The third kappa shape index (κ3) is 2.53. The molecule has 2 aliphatic heterocycles. The smallest absolute Gasteiger partial charge is 0.241 e. The predicted octanol–water partition coefficient (Wildman–Crippen LogP) is 2.82. The van der Waals surface area contributed by atoms with Crippen molar-refractivity contribution in [3.8, 4) is 0 Å². The van der Waals surface area contributed by atoms with Gasteiger partial charge in [-0.05, 0) is 50.8 Å². The highest BCUT2D eigenvalue weighted by Crippen LogP contribution is 2.37. The molecule has 24 heavy (non-hydrogen) atoms. The number of anilines is 1. The Morgan fingerprint density at radius 2 is 2.04 bits per heavy atom. The SMILES string of the molecule is Cc1c([C@H]2CCCN2[C@@H]2CCc3ccccc3NC2=O)cnn1C. The Morgan fingerprint density at radius 3 is 2.83 bits per heavy atom. The second kappa shape index (κ2) is 6.06. The molecule has 126 valence electrons. The number of carbonyl (C=O) groups excluding carboxylic acids is 1. The molecule has 0 unspecified atom stereocenters. The Hall–Kier alpha value is -2.14. The van der Waals surface area contributed by atoms with Crippen molar-refractivity contribution in [2.75, 3.05) is 11.9 Å². The summed E-state index contributed by atoms with van der Waals surface area (Å²) >= 11 is 0. The van der Waals surface area contributed by atoms with Gasteiger partial charge < -0.3 is 5.32 Å². The zero-order valence-corrected chi connectivity index (χ0v) is 14.3. The van der Waals surface area contributed by atoms with Crippen molar-refractivity contribution >= 4 is 11.6 Å². The number of rotatable bonds is 2. The summed E-state index contributed by atoms with van der Waals surface area (Å²) in [6.07, 6.45) is 6.02. The molecule has 2 atom stereocenters. The minimum atomic E-state index is -0.0653. The summed E-state index contributed by atoms with van der Waals surface area (Å²) in [5, 5.41) is 7.54. The molecule has 0 spiro atoms. The van der Waals surface area contributed by atoms with Crippen LogP contribution in [-0.4, -0.2) is 33.2 Å². The van der Waals surface area contributed by atoms with Gasteiger partial charge in [-0.1, -0.05) is 18.2 Å². The summed E-state index contributed by atoms with van der Waals surface area (Å²) in [5.74, 6) is 0.133. The van der Waals surface area contributed by atoms with Crippen molar-refractivity contribution in [3.63, 3.8) is 0 Å². The van der Waals surface area contributed by atoms with E-state index in [1.54, 1.807) is 0 Å². The van der Waals surface area contributed by atoms with Crippen LogP contribution in [0.15, 0.2) is 30.5 Å². The lowest BCUT2D eigenvalue weighted by molar-refractivity contribution is -0.121. The fourth-order valence-corrected chi connectivity index (χ4v) is 4.15. The number of carbonyl (C=O) groups is 1. The highest BCUT2D eigenvalue weighted by molar-refractivity contribution is 5.96. The number of hydrogen-bond donors (Lipinski definition) is 1. The van der Waals surface area contributed by atoms with Gasteiger partial charge in [-0.15, -0.1) is 0 Å². The molecular formula is C19H24N4O. The van der Waals surface area contributed by atoms with Crippen LogP contribution in [-0.2, 0) is 18.3 Å². The first kappa shape index (κ1) is 15.4. The molecule has 0 bridgehead atoms. The number of amides is 1. The zero-order chi connectivity index (χ0) is 16.7. The maximum atomic E-state index is 12.9. The van der Waals surface area contributed by atoms with Crippen LogP contribution in [0.4, 0.5) is 5.69 Å². The molecule has 3 heterocycles. The maximum absolute atomic E-state index is 12.9. The third-order valence-electron chi connectivity index (χ3n) is 5.59. The highest BCUT2D eigenvalue weighted by atomic mass is 16.2. The second-order valence-electron chi connectivity index (χ2n) is 6.91. The number of hydrogen-bond acceptors (Lipinski definition) is 3. The normalized spacial score (nSPS) is 24.5. The molecule has 2 aromatic rings. The number of nitrogens with one attached hydrogen (secondary N) is 1. The lowest BCUT2D eigenvalue weighted by Crippen LogP contribution is -2.43. The fourth-order valence-electron chi connectivity index (χ4n) is 4.15. The molecule has 5 heteroatoms. The van der Waals surface area contributed by atoms with Crippen molar-refractivity contribution in [2.24, 2.45) is 7.05 Å². The standard InChI is InChI=1S/C19H24N4O/c1-13-15(12-20-22(13)2)17-8-5-11-23(17)18-10-9-14-6-3-4-7-16(14)21-19(18)24/h3-4,6-7,12,17-18H,5,8-11H2,1-2H3,(H,21,24)/t17-,18-/m1/s1. The molecule has 2 aliphatic rings. The van der Waals surface area contributed by atoms with E-state index in [-0.39, 0.29) is 11.9 Å². The molecular weight excluding hydrogens is 300 g/mol. The Bertz CT molecular complexity index is 766. The molecule has 4 rings (SSSR count). The van der Waals surface area contributed by atoms with Gasteiger partial charge in [-0.2, -0.15) is 5.10 Å².